The highest BCUT2D eigenvalue weighted by atomic mass is 19.4. The largest absolute Gasteiger partial charge is 0.417 e. The summed E-state index contributed by atoms with van der Waals surface area (Å²) in [5.41, 5.74) is 0.0954. The molecule has 0 N–H and O–H groups in total. The summed E-state index contributed by atoms with van der Waals surface area (Å²) in [5, 5.41) is 4.09. The first-order valence-electron chi connectivity index (χ1n) is 7.33. The van der Waals surface area contributed by atoms with Gasteiger partial charge in [0.25, 0.3) is 5.91 Å². The number of halogens is 3. The highest BCUT2D eigenvalue weighted by Gasteiger charge is 2.31. The maximum Gasteiger partial charge on any atom is 0.417 e. The molecule has 0 saturated carbocycles. The Morgan fingerprint density at radius 1 is 1.21 bits per heavy atom. The molecule has 0 unspecified atom stereocenters. The standard InChI is InChI=1S/C15H15F3N4O2/c1-10-12(14(23)21-4-6-24-7-5-21)9-20-22(10)13-3-2-11(8-19-13)15(16,17)18/h2-3,8-9H,4-7H2,1H3. The molecule has 1 amide bonds. The van der Waals surface area contributed by atoms with Gasteiger partial charge in [0.05, 0.1) is 36.2 Å². The van der Waals surface area contributed by atoms with Gasteiger partial charge < -0.3 is 9.64 Å². The third kappa shape index (κ3) is 3.12. The Morgan fingerprint density at radius 3 is 2.50 bits per heavy atom. The number of amides is 1. The Hall–Kier alpha value is -2.42. The van der Waals surface area contributed by atoms with Gasteiger partial charge in [-0.05, 0) is 19.1 Å². The summed E-state index contributed by atoms with van der Waals surface area (Å²) >= 11 is 0. The second-order valence-electron chi connectivity index (χ2n) is 5.36. The van der Waals surface area contributed by atoms with Crippen LogP contribution in [0.25, 0.3) is 5.82 Å². The molecular weight excluding hydrogens is 325 g/mol. The lowest BCUT2D eigenvalue weighted by molar-refractivity contribution is -0.137. The highest BCUT2D eigenvalue weighted by Crippen LogP contribution is 2.28. The minimum absolute atomic E-state index is 0.172. The van der Waals surface area contributed by atoms with E-state index in [4.69, 9.17) is 4.74 Å². The summed E-state index contributed by atoms with van der Waals surface area (Å²) in [6, 6.07) is 2.17. The summed E-state index contributed by atoms with van der Waals surface area (Å²) in [7, 11) is 0. The van der Waals surface area contributed by atoms with E-state index in [1.54, 1.807) is 11.8 Å². The molecule has 2 aromatic heterocycles. The van der Waals surface area contributed by atoms with Gasteiger partial charge in [0.2, 0.25) is 0 Å². The van der Waals surface area contributed by atoms with E-state index in [1.165, 1.54) is 16.9 Å². The SMILES string of the molecule is Cc1c(C(=O)N2CCOCC2)cnn1-c1ccc(C(F)(F)F)cn1. The number of hydrogen-bond acceptors (Lipinski definition) is 4. The molecule has 6 nitrogen and oxygen atoms in total. The number of pyridine rings is 1. The molecule has 9 heteroatoms. The van der Waals surface area contributed by atoms with Crippen molar-refractivity contribution >= 4 is 5.91 Å². The monoisotopic (exact) mass is 340 g/mol. The van der Waals surface area contributed by atoms with Gasteiger partial charge in [0, 0.05) is 19.3 Å². The fourth-order valence-corrected chi connectivity index (χ4v) is 2.47. The van der Waals surface area contributed by atoms with Crippen LogP contribution >= 0.6 is 0 Å². The quantitative estimate of drug-likeness (QED) is 0.840. The van der Waals surface area contributed by atoms with E-state index in [1.807, 2.05) is 0 Å². The van der Waals surface area contributed by atoms with E-state index in [0.717, 1.165) is 12.3 Å². The normalized spacial score (nSPS) is 15.6. The molecule has 0 aromatic carbocycles. The lowest BCUT2D eigenvalue weighted by Crippen LogP contribution is -2.40. The zero-order valence-electron chi connectivity index (χ0n) is 12.9. The van der Waals surface area contributed by atoms with Crippen LogP contribution in [0.1, 0.15) is 21.6 Å². The van der Waals surface area contributed by atoms with E-state index in [-0.39, 0.29) is 11.7 Å². The second kappa shape index (κ2) is 6.23. The van der Waals surface area contributed by atoms with Crippen LogP contribution in [0.3, 0.4) is 0 Å². The Bertz CT molecular complexity index is 734. The molecule has 0 atom stereocenters. The second-order valence-corrected chi connectivity index (χ2v) is 5.36. The average Bonchev–Trinajstić information content (AvgIpc) is 2.96. The summed E-state index contributed by atoms with van der Waals surface area (Å²) in [6.07, 6.45) is -2.28. The lowest BCUT2D eigenvalue weighted by atomic mass is 10.2. The maximum absolute atomic E-state index is 12.6. The van der Waals surface area contributed by atoms with Crippen molar-refractivity contribution in [3.8, 4) is 5.82 Å². The summed E-state index contributed by atoms with van der Waals surface area (Å²) < 4.78 is 44.4. The molecule has 128 valence electrons. The van der Waals surface area contributed by atoms with Crippen molar-refractivity contribution in [2.75, 3.05) is 26.3 Å². The number of ether oxygens (including phenoxy) is 1. The molecule has 0 spiro atoms. The van der Waals surface area contributed by atoms with Crippen LogP contribution in [-0.4, -0.2) is 51.9 Å². The van der Waals surface area contributed by atoms with E-state index in [9.17, 15) is 18.0 Å². The minimum Gasteiger partial charge on any atom is -0.378 e. The topological polar surface area (TPSA) is 60.3 Å². The molecule has 0 aliphatic carbocycles. The molecule has 1 fully saturated rings. The Kier molecular flexibility index (Phi) is 4.27. The van der Waals surface area contributed by atoms with Crippen molar-refractivity contribution in [1.82, 2.24) is 19.7 Å². The molecule has 1 aliphatic rings. The fraction of sp³-hybridized carbons (Fsp3) is 0.400. The zero-order valence-corrected chi connectivity index (χ0v) is 12.9. The predicted octanol–water partition coefficient (Wildman–Crippen LogP) is 2.07. The molecule has 0 bridgehead atoms. The predicted molar refractivity (Wildman–Crippen MR) is 77.8 cm³/mol. The average molecular weight is 340 g/mol. The number of hydrogen-bond donors (Lipinski definition) is 0. The zero-order chi connectivity index (χ0) is 17.3. The molecule has 2 aromatic rings. The molecular formula is C15H15F3N4O2. The van der Waals surface area contributed by atoms with Gasteiger partial charge in [0.1, 0.15) is 0 Å². The molecule has 24 heavy (non-hydrogen) atoms. The molecule has 0 radical (unpaired) electrons. The van der Waals surface area contributed by atoms with Gasteiger partial charge in [-0.3, -0.25) is 4.79 Å². The van der Waals surface area contributed by atoms with Crippen molar-refractivity contribution in [2.24, 2.45) is 0 Å². The van der Waals surface area contributed by atoms with Crippen LogP contribution in [0, 0.1) is 6.92 Å². The first-order chi connectivity index (χ1) is 11.4. The van der Waals surface area contributed by atoms with E-state index in [2.05, 4.69) is 10.1 Å². The van der Waals surface area contributed by atoms with Gasteiger partial charge in [-0.25, -0.2) is 9.67 Å². The van der Waals surface area contributed by atoms with Gasteiger partial charge in [-0.15, -0.1) is 0 Å². The van der Waals surface area contributed by atoms with Crippen molar-refractivity contribution in [3.63, 3.8) is 0 Å². The van der Waals surface area contributed by atoms with Crippen molar-refractivity contribution in [3.05, 3.63) is 41.3 Å². The van der Waals surface area contributed by atoms with Crippen molar-refractivity contribution in [1.29, 1.82) is 0 Å². The van der Waals surface area contributed by atoms with Crippen LogP contribution in [-0.2, 0) is 10.9 Å². The van der Waals surface area contributed by atoms with Crippen LogP contribution in [0.4, 0.5) is 13.2 Å². The van der Waals surface area contributed by atoms with E-state index < -0.39 is 11.7 Å². The number of nitrogens with zero attached hydrogens (tertiary/aromatic N) is 4. The first kappa shape index (κ1) is 16.4. The van der Waals surface area contributed by atoms with Gasteiger partial charge in [-0.2, -0.15) is 18.3 Å². The van der Waals surface area contributed by atoms with Crippen LogP contribution in [0.5, 0.6) is 0 Å². The summed E-state index contributed by atoms with van der Waals surface area (Å²) in [4.78, 5) is 18.0. The van der Waals surface area contributed by atoms with E-state index >= 15 is 0 Å². The number of rotatable bonds is 2. The third-order valence-electron chi connectivity index (χ3n) is 3.83. The summed E-state index contributed by atoms with van der Waals surface area (Å²) in [6.45, 7) is 3.66. The van der Waals surface area contributed by atoms with Crippen LogP contribution in [0.2, 0.25) is 0 Å². The number of alkyl halides is 3. The van der Waals surface area contributed by atoms with E-state index in [0.29, 0.717) is 37.6 Å². The Balaban J connectivity index is 1.85. The number of morpholine rings is 1. The van der Waals surface area contributed by atoms with Gasteiger partial charge in [-0.1, -0.05) is 0 Å². The summed E-state index contributed by atoms with van der Waals surface area (Å²) in [5.74, 6) is 0.0514. The van der Waals surface area contributed by atoms with Gasteiger partial charge >= 0.3 is 6.18 Å². The smallest absolute Gasteiger partial charge is 0.378 e. The molecule has 1 saturated heterocycles. The fourth-order valence-electron chi connectivity index (χ4n) is 2.47. The van der Waals surface area contributed by atoms with Gasteiger partial charge in [0.15, 0.2) is 5.82 Å². The van der Waals surface area contributed by atoms with Crippen LogP contribution in [0.15, 0.2) is 24.5 Å². The Morgan fingerprint density at radius 2 is 1.92 bits per heavy atom. The molecule has 3 heterocycles. The number of carbonyl (C=O) groups is 1. The number of carbonyl (C=O) groups excluding carboxylic acids is 1. The lowest BCUT2D eigenvalue weighted by Gasteiger charge is -2.26. The molecule has 3 rings (SSSR count). The highest BCUT2D eigenvalue weighted by molar-refractivity contribution is 5.95. The molecule has 1 aliphatic heterocycles. The van der Waals surface area contributed by atoms with Crippen molar-refractivity contribution in [2.45, 2.75) is 13.1 Å². The third-order valence-corrected chi connectivity index (χ3v) is 3.83. The minimum atomic E-state index is -4.44. The number of aromatic nitrogens is 3. The van der Waals surface area contributed by atoms with Crippen LogP contribution < -0.4 is 0 Å². The maximum atomic E-state index is 12.6. The first-order valence-corrected chi connectivity index (χ1v) is 7.33. The van der Waals surface area contributed by atoms with Crippen molar-refractivity contribution < 1.29 is 22.7 Å². The Labute approximate surface area is 135 Å².